The molecule has 0 heterocycles. The van der Waals surface area contributed by atoms with Crippen LogP contribution in [-0.4, -0.2) is 18.6 Å². The molecule has 6 heteroatoms. The second kappa shape index (κ2) is 5.14. The summed E-state index contributed by atoms with van der Waals surface area (Å²) >= 11 is 0. The summed E-state index contributed by atoms with van der Waals surface area (Å²) < 4.78 is 10.5. The monoisotopic (exact) mass is 262 g/mol. The lowest BCUT2D eigenvalue weighted by Crippen LogP contribution is -2.13. The highest BCUT2D eigenvalue weighted by atomic mass is 16.6. The molecule has 19 heavy (non-hydrogen) atoms. The van der Waals surface area contributed by atoms with Crippen LogP contribution in [0.25, 0.3) is 0 Å². The predicted molar refractivity (Wildman–Crippen MR) is 67.0 cm³/mol. The van der Waals surface area contributed by atoms with E-state index in [0.717, 1.165) is 12.8 Å². The molecule has 0 amide bonds. The van der Waals surface area contributed by atoms with Gasteiger partial charge in [-0.1, -0.05) is 0 Å². The number of nitrogens with zero attached hydrogens (tertiary/aromatic N) is 2. The SMILES string of the molecule is COc1ccc(OCC2(CC#N)CC2)c([N+](=O)[O-])c1. The molecular weight excluding hydrogens is 248 g/mol. The van der Waals surface area contributed by atoms with Gasteiger partial charge in [-0.05, 0) is 25.0 Å². The summed E-state index contributed by atoms with van der Waals surface area (Å²) in [6.07, 6.45) is 2.30. The standard InChI is InChI=1S/C13H14N2O4/c1-18-10-2-3-12(11(8-10)15(16)17)19-9-13(4-5-13)6-7-14/h2-3,8H,4-6,9H2,1H3. The van der Waals surface area contributed by atoms with Crippen LogP contribution in [0.1, 0.15) is 19.3 Å². The first-order valence-electron chi connectivity index (χ1n) is 5.92. The summed E-state index contributed by atoms with van der Waals surface area (Å²) in [5, 5.41) is 19.7. The zero-order valence-corrected chi connectivity index (χ0v) is 10.6. The van der Waals surface area contributed by atoms with Gasteiger partial charge in [-0.2, -0.15) is 5.26 Å². The van der Waals surface area contributed by atoms with Gasteiger partial charge in [-0.25, -0.2) is 0 Å². The van der Waals surface area contributed by atoms with Gasteiger partial charge in [0.1, 0.15) is 5.75 Å². The fraction of sp³-hybridized carbons (Fsp3) is 0.462. The number of benzene rings is 1. The molecule has 0 aromatic heterocycles. The van der Waals surface area contributed by atoms with Gasteiger partial charge < -0.3 is 9.47 Å². The molecule has 1 fully saturated rings. The molecule has 0 aliphatic heterocycles. The summed E-state index contributed by atoms with van der Waals surface area (Å²) in [5.74, 6) is 0.632. The second-order valence-corrected chi connectivity index (χ2v) is 4.71. The molecule has 0 radical (unpaired) electrons. The quantitative estimate of drug-likeness (QED) is 0.581. The third-order valence-corrected chi connectivity index (χ3v) is 3.31. The molecule has 0 N–H and O–H groups in total. The van der Waals surface area contributed by atoms with Gasteiger partial charge in [0, 0.05) is 11.8 Å². The first kappa shape index (κ1) is 13.1. The molecule has 1 aromatic rings. The van der Waals surface area contributed by atoms with Gasteiger partial charge in [0.25, 0.3) is 0 Å². The molecule has 1 aliphatic carbocycles. The summed E-state index contributed by atoms with van der Waals surface area (Å²) in [4.78, 5) is 10.5. The molecule has 0 bridgehead atoms. The molecule has 0 spiro atoms. The zero-order chi connectivity index (χ0) is 13.9. The van der Waals surface area contributed by atoms with Crippen molar-refractivity contribution in [2.75, 3.05) is 13.7 Å². The maximum Gasteiger partial charge on any atom is 0.314 e. The minimum absolute atomic E-state index is 0.109. The van der Waals surface area contributed by atoms with E-state index < -0.39 is 4.92 Å². The van der Waals surface area contributed by atoms with Crippen molar-refractivity contribution in [2.24, 2.45) is 5.41 Å². The normalized spacial score (nSPS) is 15.4. The van der Waals surface area contributed by atoms with Crippen molar-refractivity contribution in [1.29, 1.82) is 5.26 Å². The lowest BCUT2D eigenvalue weighted by molar-refractivity contribution is -0.386. The van der Waals surface area contributed by atoms with E-state index in [0.29, 0.717) is 18.8 Å². The Kier molecular flexibility index (Phi) is 3.56. The fourth-order valence-corrected chi connectivity index (χ4v) is 1.84. The van der Waals surface area contributed by atoms with Crippen molar-refractivity contribution >= 4 is 5.69 Å². The average Bonchev–Trinajstić information content (AvgIpc) is 3.17. The molecule has 6 nitrogen and oxygen atoms in total. The van der Waals surface area contributed by atoms with Crippen molar-refractivity contribution in [1.82, 2.24) is 0 Å². The van der Waals surface area contributed by atoms with Crippen LogP contribution in [0.3, 0.4) is 0 Å². The number of rotatable bonds is 6. The van der Waals surface area contributed by atoms with Crippen LogP contribution in [0.15, 0.2) is 18.2 Å². The van der Waals surface area contributed by atoms with Gasteiger partial charge in [0.2, 0.25) is 0 Å². The van der Waals surface area contributed by atoms with Crippen molar-refractivity contribution in [3.63, 3.8) is 0 Å². The van der Waals surface area contributed by atoms with Crippen molar-refractivity contribution in [3.8, 4) is 17.6 Å². The third kappa shape index (κ3) is 2.94. The van der Waals surface area contributed by atoms with E-state index >= 15 is 0 Å². The number of hydrogen-bond donors (Lipinski definition) is 0. The van der Waals surface area contributed by atoms with E-state index in [4.69, 9.17) is 14.7 Å². The first-order chi connectivity index (χ1) is 9.10. The Labute approximate surface area is 110 Å². The van der Waals surface area contributed by atoms with Crippen LogP contribution >= 0.6 is 0 Å². The van der Waals surface area contributed by atoms with Gasteiger partial charge in [-0.3, -0.25) is 10.1 Å². The Morgan fingerprint density at radius 1 is 1.53 bits per heavy atom. The number of hydrogen-bond acceptors (Lipinski definition) is 5. The minimum Gasteiger partial charge on any atom is -0.496 e. The Balaban J connectivity index is 2.12. The van der Waals surface area contributed by atoms with Gasteiger partial charge in [-0.15, -0.1) is 0 Å². The molecular formula is C13H14N2O4. The molecule has 1 aliphatic rings. The predicted octanol–water partition coefficient (Wildman–Crippen LogP) is 2.68. The number of methoxy groups -OCH3 is 1. The van der Waals surface area contributed by atoms with Gasteiger partial charge in [0.05, 0.1) is 30.8 Å². The molecule has 0 unspecified atom stereocenters. The lowest BCUT2D eigenvalue weighted by atomic mass is 10.1. The van der Waals surface area contributed by atoms with Crippen LogP contribution in [0.5, 0.6) is 11.5 Å². The van der Waals surface area contributed by atoms with Crippen LogP contribution in [0, 0.1) is 26.9 Å². The number of nitriles is 1. The van der Waals surface area contributed by atoms with Crippen LogP contribution in [0.2, 0.25) is 0 Å². The number of ether oxygens (including phenoxy) is 2. The Morgan fingerprint density at radius 3 is 2.79 bits per heavy atom. The van der Waals surface area contributed by atoms with Crippen molar-refractivity contribution in [2.45, 2.75) is 19.3 Å². The van der Waals surface area contributed by atoms with Crippen LogP contribution in [0.4, 0.5) is 5.69 Å². The van der Waals surface area contributed by atoms with Crippen molar-refractivity contribution in [3.05, 3.63) is 28.3 Å². The first-order valence-corrected chi connectivity index (χ1v) is 5.92. The maximum atomic E-state index is 11.0. The molecule has 100 valence electrons. The molecule has 0 saturated heterocycles. The number of nitro groups is 1. The fourth-order valence-electron chi connectivity index (χ4n) is 1.84. The second-order valence-electron chi connectivity index (χ2n) is 4.71. The third-order valence-electron chi connectivity index (χ3n) is 3.31. The van der Waals surface area contributed by atoms with E-state index in [1.165, 1.54) is 19.2 Å². The van der Waals surface area contributed by atoms with Crippen molar-refractivity contribution < 1.29 is 14.4 Å². The molecule has 1 aromatic carbocycles. The van der Waals surface area contributed by atoms with Crippen LogP contribution < -0.4 is 9.47 Å². The van der Waals surface area contributed by atoms with Crippen LogP contribution in [-0.2, 0) is 0 Å². The van der Waals surface area contributed by atoms with E-state index in [1.807, 2.05) is 0 Å². The summed E-state index contributed by atoms with van der Waals surface area (Å²) in [5.41, 5.74) is -0.227. The van der Waals surface area contributed by atoms with E-state index in [9.17, 15) is 10.1 Å². The maximum absolute atomic E-state index is 11.0. The van der Waals surface area contributed by atoms with E-state index in [2.05, 4.69) is 6.07 Å². The highest BCUT2D eigenvalue weighted by Crippen LogP contribution is 2.49. The zero-order valence-electron chi connectivity index (χ0n) is 10.6. The smallest absolute Gasteiger partial charge is 0.314 e. The van der Waals surface area contributed by atoms with Gasteiger partial charge in [0.15, 0.2) is 5.75 Å². The average molecular weight is 262 g/mol. The topological polar surface area (TPSA) is 85.4 Å². The molecule has 2 rings (SSSR count). The highest BCUT2D eigenvalue weighted by Gasteiger charge is 2.43. The minimum atomic E-state index is -0.498. The largest absolute Gasteiger partial charge is 0.496 e. The summed E-state index contributed by atoms with van der Waals surface area (Å²) in [6, 6.07) is 6.61. The Bertz CT molecular complexity index is 532. The van der Waals surface area contributed by atoms with E-state index in [-0.39, 0.29) is 16.9 Å². The van der Waals surface area contributed by atoms with Gasteiger partial charge >= 0.3 is 5.69 Å². The molecule has 1 saturated carbocycles. The Hall–Kier alpha value is -2.29. The molecule has 0 atom stereocenters. The Morgan fingerprint density at radius 2 is 2.26 bits per heavy atom. The number of nitro benzene ring substituents is 1. The highest BCUT2D eigenvalue weighted by molar-refractivity contribution is 5.50. The lowest BCUT2D eigenvalue weighted by Gasteiger charge is -2.13. The summed E-state index contributed by atoms with van der Waals surface area (Å²) in [6.45, 7) is 0.341. The summed E-state index contributed by atoms with van der Waals surface area (Å²) in [7, 11) is 1.45. The van der Waals surface area contributed by atoms with E-state index in [1.54, 1.807) is 6.07 Å².